The van der Waals surface area contributed by atoms with Gasteiger partial charge in [0.1, 0.15) is 0 Å². The van der Waals surface area contributed by atoms with E-state index in [2.05, 4.69) is 194 Å². The van der Waals surface area contributed by atoms with E-state index in [4.69, 9.17) is 0 Å². The van der Waals surface area contributed by atoms with Gasteiger partial charge in [-0.3, -0.25) is 0 Å². The monoisotopic (exact) mass is 814 g/mol. The Labute approximate surface area is 309 Å². The summed E-state index contributed by atoms with van der Waals surface area (Å²) in [5.74, 6) is 0. The van der Waals surface area contributed by atoms with Crippen LogP contribution in [-0.4, -0.2) is 0 Å². The van der Waals surface area contributed by atoms with Crippen LogP contribution in [0, 0.1) is 6.42 Å². The van der Waals surface area contributed by atoms with Crippen LogP contribution in [0.5, 0.6) is 0 Å². The van der Waals surface area contributed by atoms with Crippen molar-refractivity contribution in [1.29, 1.82) is 0 Å². The van der Waals surface area contributed by atoms with E-state index in [1.165, 1.54) is 54.2 Å². The third-order valence-electron chi connectivity index (χ3n) is 7.55. The number of halogens is 2. The van der Waals surface area contributed by atoms with Gasteiger partial charge in [-0.15, -0.1) is 166 Å². The fourth-order valence-electron chi connectivity index (χ4n) is 5.33. The minimum Gasteiger partial charge on any atom is -0.168 e. The Morgan fingerprint density at radius 1 is 0.340 bits per heavy atom. The van der Waals surface area contributed by atoms with E-state index in [0.29, 0.717) is 0 Å². The molecule has 0 N–H and O–H groups in total. The van der Waals surface area contributed by atoms with Gasteiger partial charge in [0.2, 0.25) is 0 Å². The van der Waals surface area contributed by atoms with Gasteiger partial charge < -0.3 is 0 Å². The molecule has 0 amide bonds. The molecule has 0 aromatic heterocycles. The molecule has 0 aliphatic heterocycles. The molecule has 3 heteroatoms. The smallest absolute Gasteiger partial charge is 0.168 e. The molecule has 0 fully saturated rings. The maximum atomic E-state index is 2.24. The standard InChI is InChI=1S/C13H9.C13H11.2C9H7.2ClH.Hf/c1-3-7-12-10(5-1)9-11-6-2-4-8-13(11)12;1-3-7-12(8-4-1)11-13-9-5-2-6-10-13;2*1-2-5-9-7-3-6-8(9)4-1;;;/h1-9H;1-11H;2*1-7H;2*1H;/q4*-1;;;+4. The van der Waals surface area contributed by atoms with Gasteiger partial charge in [-0.25, -0.2) is 0 Å². The second-order valence-electron chi connectivity index (χ2n) is 10.6. The predicted octanol–water partition coefficient (Wildman–Crippen LogP) is 13.0. The van der Waals surface area contributed by atoms with Gasteiger partial charge in [-0.1, -0.05) is 84.9 Å². The van der Waals surface area contributed by atoms with Gasteiger partial charge in [-0.2, -0.15) is 35.0 Å². The first-order valence-electron chi connectivity index (χ1n) is 15.0. The Kier molecular flexibility index (Phi) is 15.4. The van der Waals surface area contributed by atoms with Crippen molar-refractivity contribution in [2.45, 2.75) is 0 Å². The van der Waals surface area contributed by atoms with Crippen LogP contribution in [0.3, 0.4) is 0 Å². The fraction of sp³-hybridized carbons (Fsp3) is 0. The van der Waals surface area contributed by atoms with Crippen molar-refractivity contribution in [3.8, 4) is 0 Å². The van der Waals surface area contributed by atoms with Crippen molar-refractivity contribution in [3.05, 3.63) is 218 Å². The molecule has 47 heavy (non-hydrogen) atoms. The molecule has 0 saturated heterocycles. The molecule has 0 bridgehead atoms. The zero-order valence-electron chi connectivity index (χ0n) is 25.9. The topological polar surface area (TPSA) is 0 Å². The van der Waals surface area contributed by atoms with Gasteiger partial charge in [-0.05, 0) is 0 Å². The molecule has 0 spiro atoms. The normalized spacial score (nSPS) is 9.62. The molecule has 9 aromatic rings. The van der Waals surface area contributed by atoms with Crippen molar-refractivity contribution in [1.82, 2.24) is 0 Å². The summed E-state index contributed by atoms with van der Waals surface area (Å²) in [4.78, 5) is 0. The van der Waals surface area contributed by atoms with Crippen LogP contribution in [0.15, 0.2) is 200 Å². The van der Waals surface area contributed by atoms with Crippen LogP contribution < -0.4 is 0 Å². The van der Waals surface area contributed by atoms with Crippen molar-refractivity contribution < 1.29 is 25.8 Å². The van der Waals surface area contributed by atoms with Crippen LogP contribution in [0.4, 0.5) is 0 Å². The zero-order chi connectivity index (χ0) is 29.8. The van der Waals surface area contributed by atoms with Crippen molar-refractivity contribution in [2.75, 3.05) is 0 Å². The molecule has 0 aliphatic carbocycles. The van der Waals surface area contributed by atoms with Gasteiger partial charge in [0.15, 0.2) is 0 Å². The molecule has 230 valence electrons. The largest absolute Gasteiger partial charge is 4.00 e. The van der Waals surface area contributed by atoms with E-state index in [-0.39, 0.29) is 50.7 Å². The molecule has 9 rings (SSSR count). The average molecular weight is 814 g/mol. The average Bonchev–Trinajstić information content (AvgIpc) is 3.85. The Hall–Kier alpha value is -4.27. The summed E-state index contributed by atoms with van der Waals surface area (Å²) in [5.41, 5.74) is 2.49. The first kappa shape index (κ1) is 37.2. The minimum absolute atomic E-state index is 0. The first-order chi connectivity index (χ1) is 21.8. The van der Waals surface area contributed by atoms with Gasteiger partial charge in [0.25, 0.3) is 0 Å². The Morgan fingerprint density at radius 3 is 1.09 bits per heavy atom. The van der Waals surface area contributed by atoms with Gasteiger partial charge >= 0.3 is 25.8 Å². The van der Waals surface area contributed by atoms with Crippen LogP contribution in [0.2, 0.25) is 0 Å². The maximum Gasteiger partial charge on any atom is 4.00 e. The van der Waals surface area contributed by atoms with Crippen molar-refractivity contribution in [2.24, 2.45) is 0 Å². The van der Waals surface area contributed by atoms with E-state index in [1.54, 1.807) is 0 Å². The van der Waals surface area contributed by atoms with Crippen LogP contribution in [0.25, 0.3) is 43.1 Å². The molecule has 0 atom stereocenters. The number of benzene rings is 6. The molecule has 0 nitrogen and oxygen atoms in total. The number of hydrogen-bond donors (Lipinski definition) is 0. The summed E-state index contributed by atoms with van der Waals surface area (Å²) in [5, 5.41) is 10.7. The summed E-state index contributed by atoms with van der Waals surface area (Å²) < 4.78 is 0. The minimum atomic E-state index is 0. The molecule has 0 heterocycles. The maximum absolute atomic E-state index is 2.24. The fourth-order valence-corrected chi connectivity index (χ4v) is 5.33. The number of fused-ring (bicyclic) bond motifs is 5. The summed E-state index contributed by atoms with van der Waals surface area (Å²) >= 11 is 0. The number of hydrogen-bond acceptors (Lipinski definition) is 0. The van der Waals surface area contributed by atoms with E-state index in [1.807, 2.05) is 12.1 Å². The molecule has 0 radical (unpaired) electrons. The van der Waals surface area contributed by atoms with E-state index in [9.17, 15) is 0 Å². The number of rotatable bonds is 2. The third-order valence-corrected chi connectivity index (χ3v) is 7.55. The molecular weight excluding hydrogens is 778 g/mol. The van der Waals surface area contributed by atoms with E-state index < -0.39 is 0 Å². The van der Waals surface area contributed by atoms with Crippen molar-refractivity contribution >= 4 is 67.9 Å². The van der Waals surface area contributed by atoms with Gasteiger partial charge in [0, 0.05) is 0 Å². The Morgan fingerprint density at radius 2 is 0.681 bits per heavy atom. The first-order valence-corrected chi connectivity index (χ1v) is 15.0. The molecule has 0 aliphatic rings. The summed E-state index contributed by atoms with van der Waals surface area (Å²) in [7, 11) is 0. The molecule has 9 aromatic carbocycles. The SMILES string of the molecule is Cl.Cl.[Hf+4].c1ccc([CH-]c2ccccc2)cc1.c1ccc2[cH-]ccc2c1.c1ccc2[cH-]ccc2c1.c1ccc2c(c1)[cH-]c1ccccc12. The molecule has 0 saturated carbocycles. The summed E-state index contributed by atoms with van der Waals surface area (Å²) in [6.45, 7) is 0. The second kappa shape index (κ2) is 19.4. The summed E-state index contributed by atoms with van der Waals surface area (Å²) in [6.07, 6.45) is 2.17. The van der Waals surface area contributed by atoms with Crippen LogP contribution in [0.1, 0.15) is 11.1 Å². The van der Waals surface area contributed by atoms with Crippen LogP contribution in [-0.2, 0) is 25.8 Å². The quantitative estimate of drug-likeness (QED) is 0.120. The van der Waals surface area contributed by atoms with Crippen LogP contribution >= 0.6 is 24.8 Å². The van der Waals surface area contributed by atoms with E-state index >= 15 is 0 Å². The van der Waals surface area contributed by atoms with E-state index in [0.717, 1.165) is 0 Å². The summed E-state index contributed by atoms with van der Waals surface area (Å²) in [6, 6.07) is 69.3. The van der Waals surface area contributed by atoms with Gasteiger partial charge in [0.05, 0.1) is 0 Å². The molecular formula is C44H36Cl2Hf. The third kappa shape index (κ3) is 10.4. The van der Waals surface area contributed by atoms with Crippen molar-refractivity contribution in [3.63, 3.8) is 0 Å². The second-order valence-corrected chi connectivity index (χ2v) is 10.6. The Bertz CT molecular complexity index is 1940. The zero-order valence-corrected chi connectivity index (χ0v) is 31.2. The Balaban J connectivity index is 0.000000169. The molecule has 0 unspecified atom stereocenters. The predicted molar refractivity (Wildman–Crippen MR) is 206 cm³/mol.